The van der Waals surface area contributed by atoms with Crippen molar-refractivity contribution in [1.82, 2.24) is 0 Å². The van der Waals surface area contributed by atoms with Crippen LogP contribution >= 0.6 is 11.3 Å². The lowest BCUT2D eigenvalue weighted by atomic mass is 10.4. The van der Waals surface area contributed by atoms with Gasteiger partial charge in [0, 0.05) is 12.3 Å². The molecule has 0 saturated heterocycles. The number of rotatable bonds is 5. The quantitative estimate of drug-likeness (QED) is 0.671. The smallest absolute Gasteiger partial charge is 0.304 e. The molecule has 0 bridgehead atoms. The van der Waals surface area contributed by atoms with Gasteiger partial charge >= 0.3 is 5.69 Å². The number of sulfone groups is 1. The maximum absolute atomic E-state index is 11.4. The Morgan fingerprint density at radius 1 is 1.53 bits per heavy atom. The minimum Gasteiger partial charge on any atom is -0.467 e. The van der Waals surface area contributed by atoms with E-state index in [1.807, 2.05) is 0 Å². The molecule has 0 aliphatic heterocycles. The monoisotopic (exact) mass is 302 g/mol. The summed E-state index contributed by atoms with van der Waals surface area (Å²) >= 11 is 0.834. The van der Waals surface area contributed by atoms with E-state index in [1.54, 1.807) is 12.1 Å². The molecule has 0 amide bonds. The van der Waals surface area contributed by atoms with Crippen LogP contribution in [0.15, 0.2) is 33.1 Å². The van der Waals surface area contributed by atoms with Crippen LogP contribution in [0, 0.1) is 10.1 Å². The molecule has 2 heterocycles. The second-order valence-corrected chi connectivity index (χ2v) is 7.04. The first kappa shape index (κ1) is 13.6. The molecule has 2 aromatic rings. The standard InChI is InChI=1S/C10H10N2O5S2/c1-19(15,16)9-5-8(12(13)14)10(18-9)11-6-7-3-2-4-17-7/h2-5,11H,6H2,1H3. The Morgan fingerprint density at radius 2 is 2.26 bits per heavy atom. The maximum Gasteiger partial charge on any atom is 0.304 e. The number of hydrogen-bond acceptors (Lipinski definition) is 7. The predicted octanol–water partition coefficient (Wildman–Crippen LogP) is 2.26. The number of hydrogen-bond donors (Lipinski definition) is 1. The van der Waals surface area contributed by atoms with E-state index in [0.29, 0.717) is 5.76 Å². The van der Waals surface area contributed by atoms with Crippen molar-refractivity contribution >= 4 is 31.9 Å². The lowest BCUT2D eigenvalue weighted by molar-refractivity contribution is -0.383. The fourth-order valence-electron chi connectivity index (χ4n) is 1.39. The first-order valence-corrected chi connectivity index (χ1v) is 7.83. The summed E-state index contributed by atoms with van der Waals surface area (Å²) in [5.74, 6) is 0.601. The Labute approximate surface area is 112 Å². The van der Waals surface area contributed by atoms with Crippen molar-refractivity contribution in [1.29, 1.82) is 0 Å². The van der Waals surface area contributed by atoms with E-state index in [9.17, 15) is 18.5 Å². The molecule has 19 heavy (non-hydrogen) atoms. The van der Waals surface area contributed by atoms with E-state index in [0.717, 1.165) is 23.7 Å². The van der Waals surface area contributed by atoms with Crippen LogP contribution in [0.4, 0.5) is 10.7 Å². The first-order valence-electron chi connectivity index (χ1n) is 5.12. The number of nitrogens with one attached hydrogen (secondary N) is 1. The summed E-state index contributed by atoms with van der Waals surface area (Å²) < 4.78 is 27.8. The highest BCUT2D eigenvalue weighted by Crippen LogP contribution is 2.37. The molecule has 0 saturated carbocycles. The minimum atomic E-state index is -3.46. The number of thiophene rings is 1. The average Bonchev–Trinajstić information content (AvgIpc) is 2.94. The van der Waals surface area contributed by atoms with Gasteiger partial charge in [0.15, 0.2) is 14.8 Å². The zero-order chi connectivity index (χ0) is 14.0. The van der Waals surface area contributed by atoms with Crippen LogP contribution in [0.2, 0.25) is 0 Å². The fourth-order valence-corrected chi connectivity index (χ4v) is 3.32. The molecular weight excluding hydrogens is 292 g/mol. The topological polar surface area (TPSA) is 102 Å². The summed E-state index contributed by atoms with van der Waals surface area (Å²) in [7, 11) is -3.46. The van der Waals surface area contributed by atoms with Crippen molar-refractivity contribution in [3.05, 3.63) is 40.3 Å². The molecule has 0 atom stereocenters. The van der Waals surface area contributed by atoms with E-state index in [1.165, 1.54) is 6.26 Å². The van der Waals surface area contributed by atoms with Crippen LogP contribution in [0.1, 0.15) is 5.76 Å². The van der Waals surface area contributed by atoms with Crippen molar-refractivity contribution in [2.24, 2.45) is 0 Å². The average molecular weight is 302 g/mol. The zero-order valence-electron chi connectivity index (χ0n) is 9.82. The van der Waals surface area contributed by atoms with Gasteiger partial charge < -0.3 is 9.73 Å². The van der Waals surface area contributed by atoms with Crippen molar-refractivity contribution in [2.45, 2.75) is 10.8 Å². The molecule has 0 unspecified atom stereocenters. The number of furan rings is 1. The lowest BCUT2D eigenvalue weighted by Gasteiger charge is -2.00. The minimum absolute atomic E-state index is 0.0406. The maximum atomic E-state index is 11.4. The van der Waals surface area contributed by atoms with Gasteiger partial charge in [0.1, 0.15) is 9.97 Å². The summed E-state index contributed by atoms with van der Waals surface area (Å²) in [5, 5.41) is 13.9. The van der Waals surface area contributed by atoms with Crippen LogP contribution in [-0.2, 0) is 16.4 Å². The predicted molar refractivity (Wildman–Crippen MR) is 70.1 cm³/mol. The zero-order valence-corrected chi connectivity index (χ0v) is 11.5. The van der Waals surface area contributed by atoms with Gasteiger partial charge in [-0.3, -0.25) is 10.1 Å². The van der Waals surface area contributed by atoms with Crippen LogP contribution in [0.5, 0.6) is 0 Å². The van der Waals surface area contributed by atoms with Crippen molar-refractivity contribution < 1.29 is 17.8 Å². The number of nitrogens with zero attached hydrogens (tertiary/aromatic N) is 1. The van der Waals surface area contributed by atoms with Gasteiger partial charge in [-0.25, -0.2) is 8.42 Å². The molecule has 9 heteroatoms. The molecule has 102 valence electrons. The molecule has 0 aliphatic carbocycles. The highest BCUT2D eigenvalue weighted by atomic mass is 32.2. The molecule has 0 aromatic carbocycles. The first-order chi connectivity index (χ1) is 8.88. The van der Waals surface area contributed by atoms with E-state index in [-0.39, 0.29) is 21.4 Å². The van der Waals surface area contributed by atoms with Gasteiger partial charge in [-0.15, -0.1) is 0 Å². The Bertz CT molecular complexity index is 688. The van der Waals surface area contributed by atoms with Gasteiger partial charge in [0.2, 0.25) is 0 Å². The fraction of sp³-hybridized carbons (Fsp3) is 0.200. The molecule has 0 aliphatic rings. The van der Waals surface area contributed by atoms with Crippen molar-refractivity contribution in [3.63, 3.8) is 0 Å². The third kappa shape index (κ3) is 3.12. The van der Waals surface area contributed by atoms with Gasteiger partial charge in [-0.2, -0.15) is 0 Å². The molecule has 0 fully saturated rings. The van der Waals surface area contributed by atoms with E-state index in [4.69, 9.17) is 4.42 Å². The van der Waals surface area contributed by atoms with Crippen LogP contribution < -0.4 is 5.32 Å². The van der Waals surface area contributed by atoms with Crippen molar-refractivity contribution in [2.75, 3.05) is 11.6 Å². The summed E-state index contributed by atoms with van der Waals surface area (Å²) in [6, 6.07) is 4.47. The molecule has 0 spiro atoms. The van der Waals surface area contributed by atoms with Crippen LogP contribution in [-0.4, -0.2) is 19.6 Å². The highest BCUT2D eigenvalue weighted by molar-refractivity contribution is 7.92. The largest absolute Gasteiger partial charge is 0.467 e. The van der Waals surface area contributed by atoms with Gasteiger partial charge in [0.25, 0.3) is 0 Å². The van der Waals surface area contributed by atoms with E-state index < -0.39 is 14.8 Å². The Kier molecular flexibility index (Phi) is 3.58. The Balaban J connectivity index is 2.28. The van der Waals surface area contributed by atoms with E-state index >= 15 is 0 Å². The van der Waals surface area contributed by atoms with E-state index in [2.05, 4.69) is 5.32 Å². The van der Waals surface area contributed by atoms with Crippen LogP contribution in [0.3, 0.4) is 0 Å². The normalized spacial score (nSPS) is 11.4. The van der Waals surface area contributed by atoms with Gasteiger partial charge in [-0.1, -0.05) is 11.3 Å². The second kappa shape index (κ2) is 5.02. The SMILES string of the molecule is CS(=O)(=O)c1cc([N+](=O)[O-])c(NCc2ccco2)s1. The third-order valence-electron chi connectivity index (χ3n) is 2.26. The summed E-state index contributed by atoms with van der Waals surface area (Å²) in [6.45, 7) is 0.248. The van der Waals surface area contributed by atoms with Crippen molar-refractivity contribution in [3.8, 4) is 0 Å². The molecular formula is C10H10N2O5S2. The summed E-state index contributed by atoms with van der Waals surface area (Å²) in [4.78, 5) is 10.3. The summed E-state index contributed by atoms with van der Waals surface area (Å²) in [5.41, 5.74) is -0.253. The molecule has 1 N–H and O–H groups in total. The molecule has 2 rings (SSSR count). The molecule has 2 aromatic heterocycles. The lowest BCUT2D eigenvalue weighted by Crippen LogP contribution is -1.98. The number of nitro groups is 1. The highest BCUT2D eigenvalue weighted by Gasteiger charge is 2.23. The Hall–Kier alpha value is -1.87. The molecule has 0 radical (unpaired) electrons. The van der Waals surface area contributed by atoms with Gasteiger partial charge in [0.05, 0.1) is 17.7 Å². The van der Waals surface area contributed by atoms with Crippen LogP contribution in [0.25, 0.3) is 0 Å². The number of anilines is 1. The Morgan fingerprint density at radius 3 is 2.79 bits per heavy atom. The summed E-state index contributed by atoms with van der Waals surface area (Å²) in [6.07, 6.45) is 2.50. The second-order valence-electron chi connectivity index (χ2n) is 3.74. The molecule has 7 nitrogen and oxygen atoms in total. The van der Waals surface area contributed by atoms with Gasteiger partial charge in [-0.05, 0) is 12.1 Å². The third-order valence-corrected chi connectivity index (χ3v) is 5.14.